The van der Waals surface area contributed by atoms with Crippen molar-refractivity contribution in [3.05, 3.63) is 119 Å². The topological polar surface area (TPSA) is 191 Å². The van der Waals surface area contributed by atoms with Gasteiger partial charge in [-0.3, -0.25) is 28.8 Å². The number of carbonyl (C=O) groups is 6. The molecule has 0 aromatic heterocycles. The summed E-state index contributed by atoms with van der Waals surface area (Å²) in [6.45, 7) is 2.71. The van der Waals surface area contributed by atoms with Gasteiger partial charge in [0.2, 0.25) is 0 Å². The number of amides is 4. The van der Waals surface area contributed by atoms with E-state index in [4.69, 9.17) is 10.2 Å². The molecule has 0 aliphatic rings. The summed E-state index contributed by atoms with van der Waals surface area (Å²) in [6.07, 6.45) is 0. The molecule has 4 amide bonds. The Bertz CT molecular complexity index is 1710. The zero-order chi connectivity index (χ0) is 34.8. The van der Waals surface area contributed by atoms with E-state index in [9.17, 15) is 28.8 Å². The zero-order valence-corrected chi connectivity index (χ0v) is 27.2. The highest BCUT2D eigenvalue weighted by Crippen LogP contribution is 2.40. The molecule has 0 saturated carbocycles. The molecule has 0 unspecified atom stereocenters. The highest BCUT2D eigenvalue weighted by atomic mass is 33.1. The quantitative estimate of drug-likeness (QED) is 0.0994. The van der Waals surface area contributed by atoms with E-state index in [1.54, 1.807) is 72.8 Å². The van der Waals surface area contributed by atoms with E-state index >= 15 is 0 Å². The van der Waals surface area contributed by atoms with Crippen LogP contribution in [-0.2, 0) is 9.59 Å². The van der Waals surface area contributed by atoms with Gasteiger partial charge in [-0.2, -0.15) is 0 Å². The molecule has 48 heavy (non-hydrogen) atoms. The van der Waals surface area contributed by atoms with Crippen LogP contribution in [0.1, 0.15) is 55.3 Å². The number of hydrogen-bond donors (Lipinski definition) is 6. The zero-order valence-electron chi connectivity index (χ0n) is 25.6. The van der Waals surface area contributed by atoms with Gasteiger partial charge >= 0.3 is 11.9 Å². The number of carboxylic acid groups (broad SMARTS) is 2. The van der Waals surface area contributed by atoms with Gasteiger partial charge in [-0.25, -0.2) is 0 Å². The molecule has 0 radical (unpaired) electrons. The highest BCUT2D eigenvalue weighted by Gasteiger charge is 2.19. The van der Waals surface area contributed by atoms with Gasteiger partial charge in [0.25, 0.3) is 23.6 Å². The predicted octanol–water partition coefficient (Wildman–Crippen LogP) is 5.40. The molecule has 246 valence electrons. The Balaban J connectivity index is 1.39. The Morgan fingerprint density at radius 2 is 0.833 bits per heavy atom. The third-order valence-corrected chi connectivity index (χ3v) is 9.21. The van der Waals surface area contributed by atoms with Crippen LogP contribution < -0.4 is 21.3 Å². The minimum atomic E-state index is -1.16. The SMILES string of the molecule is C[C@H](NC(=O)c1ccc(NC(=O)c2ccccc2SSc2ccccc2C(=O)Nc2ccc(C(=O)N[C@H](C)C(=O)O)cc2)cc1)C(=O)O. The largest absolute Gasteiger partial charge is 0.480 e. The van der Waals surface area contributed by atoms with Gasteiger partial charge in [0, 0.05) is 32.3 Å². The molecule has 4 aromatic carbocycles. The minimum absolute atomic E-state index is 0.239. The van der Waals surface area contributed by atoms with Gasteiger partial charge in [0.05, 0.1) is 11.1 Å². The van der Waals surface area contributed by atoms with E-state index in [1.165, 1.54) is 59.7 Å². The second kappa shape index (κ2) is 16.3. The van der Waals surface area contributed by atoms with Crippen molar-refractivity contribution < 1.29 is 39.0 Å². The van der Waals surface area contributed by atoms with Crippen molar-refractivity contribution in [2.24, 2.45) is 0 Å². The Hall–Kier alpha value is -5.60. The molecule has 0 aliphatic heterocycles. The van der Waals surface area contributed by atoms with Crippen molar-refractivity contribution in [2.75, 3.05) is 10.6 Å². The number of benzene rings is 4. The Kier molecular flexibility index (Phi) is 12.0. The van der Waals surface area contributed by atoms with Crippen LogP contribution in [0.15, 0.2) is 107 Å². The summed E-state index contributed by atoms with van der Waals surface area (Å²) in [5.74, 6) is -4.21. The smallest absolute Gasteiger partial charge is 0.325 e. The number of carboxylic acids is 2. The minimum Gasteiger partial charge on any atom is -0.480 e. The second-order valence-corrected chi connectivity index (χ2v) is 12.5. The van der Waals surface area contributed by atoms with E-state index in [2.05, 4.69) is 21.3 Å². The lowest BCUT2D eigenvalue weighted by Crippen LogP contribution is -2.38. The molecule has 0 heterocycles. The molecule has 4 aromatic rings. The summed E-state index contributed by atoms with van der Waals surface area (Å²) in [5, 5.41) is 28.3. The van der Waals surface area contributed by atoms with Gasteiger partial charge in [-0.1, -0.05) is 45.9 Å². The van der Waals surface area contributed by atoms with Crippen LogP contribution in [0.2, 0.25) is 0 Å². The second-order valence-electron chi connectivity index (χ2n) is 10.3. The fraction of sp³-hybridized carbons (Fsp3) is 0.118. The third kappa shape index (κ3) is 9.47. The van der Waals surface area contributed by atoms with Crippen LogP contribution in [0.25, 0.3) is 0 Å². The normalized spacial score (nSPS) is 11.8. The number of nitrogens with one attached hydrogen (secondary N) is 4. The van der Waals surface area contributed by atoms with Crippen molar-refractivity contribution in [2.45, 2.75) is 35.7 Å². The lowest BCUT2D eigenvalue weighted by atomic mass is 10.1. The molecule has 0 spiro atoms. The molecule has 0 aliphatic carbocycles. The van der Waals surface area contributed by atoms with Crippen molar-refractivity contribution in [1.29, 1.82) is 0 Å². The van der Waals surface area contributed by atoms with Crippen molar-refractivity contribution in [3.63, 3.8) is 0 Å². The van der Waals surface area contributed by atoms with Crippen LogP contribution in [-0.4, -0.2) is 57.9 Å². The molecule has 0 fully saturated rings. The van der Waals surface area contributed by atoms with Crippen LogP contribution in [0.4, 0.5) is 11.4 Å². The van der Waals surface area contributed by atoms with Crippen LogP contribution in [0.5, 0.6) is 0 Å². The summed E-state index contributed by atoms with van der Waals surface area (Å²) in [5.41, 5.74) is 2.11. The summed E-state index contributed by atoms with van der Waals surface area (Å²) in [7, 11) is 2.58. The number of hydrogen-bond acceptors (Lipinski definition) is 8. The summed E-state index contributed by atoms with van der Waals surface area (Å²) in [4.78, 5) is 74.3. The number of carbonyl (C=O) groups excluding carboxylic acids is 4. The van der Waals surface area contributed by atoms with Crippen LogP contribution in [0.3, 0.4) is 0 Å². The highest BCUT2D eigenvalue weighted by molar-refractivity contribution is 8.76. The van der Waals surface area contributed by atoms with Gasteiger partial charge in [-0.05, 0) is 86.6 Å². The first-order chi connectivity index (χ1) is 22.9. The molecule has 6 N–H and O–H groups in total. The van der Waals surface area contributed by atoms with Crippen LogP contribution in [0, 0.1) is 0 Å². The maximum atomic E-state index is 13.2. The maximum Gasteiger partial charge on any atom is 0.325 e. The molecule has 2 atom stereocenters. The van der Waals surface area contributed by atoms with E-state index in [0.29, 0.717) is 32.3 Å². The molecule has 12 nitrogen and oxygen atoms in total. The van der Waals surface area contributed by atoms with Crippen LogP contribution >= 0.6 is 21.6 Å². The Morgan fingerprint density at radius 3 is 1.17 bits per heavy atom. The molecule has 14 heteroatoms. The molecule has 4 rings (SSSR count). The molecule has 0 bridgehead atoms. The number of anilines is 2. The van der Waals surface area contributed by atoms with E-state index in [0.717, 1.165) is 0 Å². The predicted molar refractivity (Wildman–Crippen MR) is 183 cm³/mol. The Morgan fingerprint density at radius 1 is 0.500 bits per heavy atom. The van der Waals surface area contributed by atoms with Crippen molar-refractivity contribution in [1.82, 2.24) is 10.6 Å². The lowest BCUT2D eigenvalue weighted by Gasteiger charge is -2.13. The summed E-state index contributed by atoms with van der Waals surface area (Å²) < 4.78 is 0. The summed E-state index contributed by atoms with van der Waals surface area (Å²) in [6, 6.07) is 23.9. The van der Waals surface area contributed by atoms with Gasteiger partial charge in [-0.15, -0.1) is 0 Å². The van der Waals surface area contributed by atoms with E-state index in [-0.39, 0.29) is 11.1 Å². The van der Waals surface area contributed by atoms with E-state index in [1.807, 2.05) is 0 Å². The lowest BCUT2D eigenvalue weighted by molar-refractivity contribution is -0.139. The Labute approximate surface area is 283 Å². The number of rotatable bonds is 13. The first-order valence-electron chi connectivity index (χ1n) is 14.4. The number of aliphatic carboxylic acids is 2. The van der Waals surface area contributed by atoms with E-state index < -0.39 is 47.7 Å². The molecular weight excluding hydrogens is 657 g/mol. The average Bonchev–Trinajstić information content (AvgIpc) is 3.08. The average molecular weight is 687 g/mol. The fourth-order valence-corrected chi connectivity index (χ4v) is 6.39. The fourth-order valence-electron chi connectivity index (χ4n) is 4.03. The first kappa shape index (κ1) is 35.3. The standard InChI is InChI=1S/C34H30N4O8S2/c1-19(33(43)44)35-29(39)21-11-15-23(16-12-21)37-31(41)25-7-3-5-9-27(25)47-48-28-10-6-4-8-26(28)32(42)38-24-17-13-22(14-18-24)30(40)36-20(2)34(45)46/h3-20H,1-2H3,(H,35,39)(H,36,40)(H,37,41)(H,38,42)(H,43,44)(H,45,46)/t19-,20+. The maximum absolute atomic E-state index is 13.2. The van der Waals surface area contributed by atoms with Crippen molar-refractivity contribution in [3.8, 4) is 0 Å². The molecular formula is C34H30N4O8S2. The van der Waals surface area contributed by atoms with Crippen molar-refractivity contribution >= 4 is 68.5 Å². The molecule has 0 saturated heterocycles. The third-order valence-electron chi connectivity index (χ3n) is 6.73. The van der Waals surface area contributed by atoms with Gasteiger partial charge in [0.1, 0.15) is 12.1 Å². The first-order valence-corrected chi connectivity index (χ1v) is 16.5. The van der Waals surface area contributed by atoms with Gasteiger partial charge in [0.15, 0.2) is 0 Å². The van der Waals surface area contributed by atoms with Gasteiger partial charge < -0.3 is 31.5 Å². The monoisotopic (exact) mass is 686 g/mol. The summed E-state index contributed by atoms with van der Waals surface area (Å²) >= 11 is 0.